The number of hydrogen-bond donors (Lipinski definition) is 0. The first-order valence-electron chi connectivity index (χ1n) is 6.79. The third kappa shape index (κ3) is 4.29. The van der Waals surface area contributed by atoms with Gasteiger partial charge in [0.1, 0.15) is 0 Å². The van der Waals surface area contributed by atoms with Crippen molar-refractivity contribution in [3.63, 3.8) is 0 Å². The van der Waals surface area contributed by atoms with E-state index < -0.39 is 20.0 Å². The topological polar surface area (TPSA) is 77.5 Å². The van der Waals surface area contributed by atoms with Gasteiger partial charge in [0.2, 0.25) is 13.9 Å². The van der Waals surface area contributed by atoms with Gasteiger partial charge in [0, 0.05) is 35.5 Å². The van der Waals surface area contributed by atoms with E-state index in [0.717, 1.165) is 0 Å². The van der Waals surface area contributed by atoms with Crippen LogP contribution in [0.4, 0.5) is 0 Å². The molecule has 140 valence electrons. The van der Waals surface area contributed by atoms with Gasteiger partial charge >= 0.3 is 6.10 Å². The first kappa shape index (κ1) is 22.9. The molecule has 0 aliphatic heterocycles. The SMILES string of the molecule is CON=P(N(C)C)(N(C)C)N(C(OC)OC)C(OC)(OC)OC. The molecule has 0 aliphatic carbocycles. The van der Waals surface area contributed by atoms with Crippen molar-refractivity contribution < 1.29 is 28.5 Å². The molecule has 0 bridgehead atoms. The van der Waals surface area contributed by atoms with Crippen LogP contribution < -0.4 is 0 Å². The summed E-state index contributed by atoms with van der Waals surface area (Å²) < 4.78 is 32.8. The van der Waals surface area contributed by atoms with Crippen molar-refractivity contribution in [2.75, 3.05) is 70.8 Å². The lowest BCUT2D eigenvalue weighted by Gasteiger charge is -2.50. The monoisotopic (exact) mass is 358 g/mol. The largest absolute Gasteiger partial charge is 0.363 e. The van der Waals surface area contributed by atoms with Gasteiger partial charge in [0.15, 0.2) is 0 Å². The minimum Gasteiger partial charge on any atom is -0.343 e. The number of nitrogens with zero attached hydrogens (tertiary/aromatic N) is 4. The van der Waals surface area contributed by atoms with Crippen molar-refractivity contribution in [2.45, 2.75) is 12.5 Å². The first-order valence-corrected chi connectivity index (χ1v) is 8.39. The molecule has 0 aromatic rings. The lowest BCUT2D eigenvalue weighted by molar-refractivity contribution is -0.437. The van der Waals surface area contributed by atoms with Crippen molar-refractivity contribution in [1.29, 1.82) is 0 Å². The highest BCUT2D eigenvalue weighted by Gasteiger charge is 2.54. The van der Waals surface area contributed by atoms with Crippen LogP contribution in [0.25, 0.3) is 0 Å². The van der Waals surface area contributed by atoms with Crippen LogP contribution in [-0.2, 0) is 28.5 Å². The summed E-state index contributed by atoms with van der Waals surface area (Å²) in [6.45, 7) is 0. The Balaban J connectivity index is 6.66. The molecule has 23 heavy (non-hydrogen) atoms. The summed E-state index contributed by atoms with van der Waals surface area (Å²) >= 11 is 0. The predicted octanol–water partition coefficient (Wildman–Crippen LogP) is 1.05. The lowest BCUT2D eigenvalue weighted by Crippen LogP contribution is -2.59. The number of ether oxygens (including phenoxy) is 5. The molecule has 0 heterocycles. The van der Waals surface area contributed by atoms with E-state index in [1.165, 1.54) is 42.7 Å². The summed E-state index contributed by atoms with van der Waals surface area (Å²) in [5.74, 6) is 0. The zero-order valence-corrected chi connectivity index (χ0v) is 16.7. The summed E-state index contributed by atoms with van der Waals surface area (Å²) in [4.78, 5) is 9.52. The standard InChI is InChI=1S/C12H31N4O6P/c1-14(2)23(13-22-10,15(3)4)16(11(17-5)18-6)12(19-7,20-8)21-9/h11H,1-10H3. The first-order chi connectivity index (χ1) is 10.8. The van der Waals surface area contributed by atoms with Gasteiger partial charge in [0.05, 0.1) is 7.11 Å². The Kier molecular flexibility index (Phi) is 9.94. The molecule has 0 N–H and O–H groups in total. The molecule has 0 rings (SSSR count). The van der Waals surface area contributed by atoms with E-state index in [0.29, 0.717) is 0 Å². The van der Waals surface area contributed by atoms with Gasteiger partial charge in [-0.3, -0.25) is 4.84 Å². The van der Waals surface area contributed by atoms with Crippen molar-refractivity contribution in [1.82, 2.24) is 14.0 Å². The molecule has 0 unspecified atom stereocenters. The molecule has 10 nitrogen and oxygen atoms in total. The molecule has 0 amide bonds. The molecular weight excluding hydrogens is 327 g/mol. The van der Waals surface area contributed by atoms with Crippen LogP contribution in [0.2, 0.25) is 0 Å². The quantitative estimate of drug-likeness (QED) is 0.306. The van der Waals surface area contributed by atoms with E-state index in [1.54, 1.807) is 4.67 Å². The molecule has 0 saturated carbocycles. The normalized spacial score (nSPS) is 13.7. The van der Waals surface area contributed by atoms with E-state index in [4.69, 9.17) is 28.5 Å². The second-order valence-electron chi connectivity index (χ2n) is 4.75. The smallest absolute Gasteiger partial charge is 0.343 e. The van der Waals surface area contributed by atoms with Gasteiger partial charge in [-0.15, -0.1) is 9.58 Å². The highest BCUT2D eigenvalue weighted by atomic mass is 31.2. The maximum atomic E-state index is 5.52. The van der Waals surface area contributed by atoms with Crippen LogP contribution in [0.3, 0.4) is 0 Å². The Morgan fingerprint density at radius 3 is 1.39 bits per heavy atom. The second kappa shape index (κ2) is 10.00. The van der Waals surface area contributed by atoms with Crippen LogP contribution >= 0.6 is 7.51 Å². The van der Waals surface area contributed by atoms with Gasteiger partial charge in [-0.2, -0.15) is 0 Å². The van der Waals surface area contributed by atoms with Gasteiger partial charge in [-0.25, -0.2) is 9.34 Å². The molecule has 0 spiro atoms. The molecule has 11 heteroatoms. The number of hydrogen-bond acceptors (Lipinski definition) is 7. The van der Waals surface area contributed by atoms with Crippen molar-refractivity contribution in [3.8, 4) is 0 Å². The minimum absolute atomic E-state index is 0.883. The average Bonchev–Trinajstić information content (AvgIpc) is 2.53. The van der Waals surface area contributed by atoms with Crippen LogP contribution in [0.5, 0.6) is 0 Å². The van der Waals surface area contributed by atoms with Crippen LogP contribution in [0, 0.1) is 0 Å². The molecule has 0 atom stereocenters. The molecular formula is C12H31N4O6P. The lowest BCUT2D eigenvalue weighted by atomic mass is 10.8. The zero-order chi connectivity index (χ0) is 18.3. The summed E-state index contributed by atoms with van der Waals surface area (Å²) in [6, 6.07) is 0. The van der Waals surface area contributed by atoms with Gasteiger partial charge < -0.3 is 23.7 Å². The van der Waals surface area contributed by atoms with E-state index in [-0.39, 0.29) is 0 Å². The molecule has 0 fully saturated rings. The average molecular weight is 358 g/mol. The van der Waals surface area contributed by atoms with Gasteiger partial charge in [-0.1, -0.05) is 0 Å². The minimum atomic E-state index is -2.73. The van der Waals surface area contributed by atoms with Crippen molar-refractivity contribution >= 4 is 7.51 Å². The third-order valence-corrected chi connectivity index (χ3v) is 6.75. The van der Waals surface area contributed by atoms with E-state index >= 15 is 0 Å². The summed E-state index contributed by atoms with van der Waals surface area (Å²) in [7, 11) is 13.5. The maximum absolute atomic E-state index is 5.52. The molecule has 0 aromatic heterocycles. The van der Waals surface area contributed by atoms with Crippen molar-refractivity contribution in [3.05, 3.63) is 0 Å². The van der Waals surface area contributed by atoms with Crippen LogP contribution in [0.1, 0.15) is 0 Å². The molecule has 0 radical (unpaired) electrons. The molecule has 0 aliphatic rings. The second-order valence-corrected chi connectivity index (χ2v) is 8.02. The fourth-order valence-corrected chi connectivity index (χ4v) is 5.38. The summed E-state index contributed by atoms with van der Waals surface area (Å²) in [6.07, 6.45) is -2.49. The van der Waals surface area contributed by atoms with Crippen LogP contribution in [-0.4, -0.2) is 97.4 Å². The zero-order valence-electron chi connectivity index (χ0n) is 15.8. The highest BCUT2D eigenvalue weighted by molar-refractivity contribution is 7.59. The summed E-state index contributed by atoms with van der Waals surface area (Å²) in [5.41, 5.74) is 0. The Hall–Kier alpha value is -0.130. The predicted molar refractivity (Wildman–Crippen MR) is 87.1 cm³/mol. The Bertz CT molecular complexity index is 367. The van der Waals surface area contributed by atoms with E-state index in [2.05, 4.69) is 4.91 Å². The Morgan fingerprint density at radius 2 is 1.17 bits per heavy atom. The third-order valence-electron chi connectivity index (χ3n) is 3.21. The highest BCUT2D eigenvalue weighted by Crippen LogP contribution is 2.61. The summed E-state index contributed by atoms with van der Waals surface area (Å²) in [5, 5.41) is 0. The maximum Gasteiger partial charge on any atom is 0.363 e. The van der Waals surface area contributed by atoms with Gasteiger partial charge in [-0.05, 0) is 28.2 Å². The Morgan fingerprint density at radius 1 is 0.783 bits per heavy atom. The number of methoxy groups -OCH3 is 5. The molecule has 0 aromatic carbocycles. The number of rotatable bonds is 11. The van der Waals surface area contributed by atoms with E-state index in [1.807, 2.05) is 37.5 Å². The molecule has 0 saturated heterocycles. The fourth-order valence-electron chi connectivity index (χ4n) is 2.28. The van der Waals surface area contributed by atoms with Gasteiger partial charge in [0.25, 0.3) is 0 Å². The van der Waals surface area contributed by atoms with Crippen LogP contribution in [0.15, 0.2) is 4.91 Å². The van der Waals surface area contributed by atoms with E-state index in [9.17, 15) is 0 Å². The van der Waals surface area contributed by atoms with Crippen molar-refractivity contribution in [2.24, 2.45) is 4.91 Å². The Labute approximate surface area is 139 Å². The fraction of sp³-hybridized carbons (Fsp3) is 1.00.